The molecule has 0 radical (unpaired) electrons. The van der Waals surface area contributed by atoms with Gasteiger partial charge in [0.25, 0.3) is 5.91 Å². The molecule has 1 fully saturated rings. The molecule has 0 saturated carbocycles. The van der Waals surface area contributed by atoms with Crippen LogP contribution in [0.25, 0.3) is 0 Å². The Balaban J connectivity index is 1.47. The highest BCUT2D eigenvalue weighted by Gasteiger charge is 2.23. The number of likely N-dealkylation sites (tertiary alicyclic amines) is 1. The van der Waals surface area contributed by atoms with E-state index in [-0.39, 0.29) is 29.9 Å². The molecule has 7 heteroatoms. The summed E-state index contributed by atoms with van der Waals surface area (Å²) in [5.74, 6) is -0.349. The Kier molecular flexibility index (Phi) is 5.76. The number of carbonyl (C=O) groups is 2. The zero-order valence-electron chi connectivity index (χ0n) is 14.7. The van der Waals surface area contributed by atoms with Crippen LogP contribution < -0.4 is 5.32 Å². The van der Waals surface area contributed by atoms with Crippen molar-refractivity contribution in [3.63, 3.8) is 0 Å². The zero-order chi connectivity index (χ0) is 18.6. The third-order valence-electron chi connectivity index (χ3n) is 4.79. The second kappa shape index (κ2) is 8.03. The van der Waals surface area contributed by atoms with Crippen LogP contribution in [0, 0.1) is 5.92 Å². The fraction of sp³-hybridized carbons (Fsp3) is 0.474. The minimum absolute atomic E-state index is 0.00767. The van der Waals surface area contributed by atoms with Gasteiger partial charge in [0, 0.05) is 42.9 Å². The lowest BCUT2D eigenvalue weighted by molar-refractivity contribution is -0.121. The van der Waals surface area contributed by atoms with Crippen molar-refractivity contribution in [3.05, 3.63) is 46.9 Å². The van der Waals surface area contributed by atoms with Crippen molar-refractivity contribution >= 4 is 21.7 Å². The van der Waals surface area contributed by atoms with Crippen LogP contribution in [0.5, 0.6) is 0 Å². The van der Waals surface area contributed by atoms with Gasteiger partial charge in [0.1, 0.15) is 0 Å². The predicted molar refractivity (Wildman–Crippen MR) is 99.1 cm³/mol. The van der Waals surface area contributed by atoms with E-state index in [1.807, 2.05) is 17.0 Å². The highest BCUT2D eigenvalue weighted by molar-refractivity contribution is 7.94. The molecule has 2 heterocycles. The summed E-state index contributed by atoms with van der Waals surface area (Å²) in [4.78, 5) is 26.3. The van der Waals surface area contributed by atoms with Gasteiger partial charge in [-0.05, 0) is 37.0 Å². The van der Waals surface area contributed by atoms with Gasteiger partial charge in [-0.25, -0.2) is 8.42 Å². The summed E-state index contributed by atoms with van der Waals surface area (Å²) in [6, 6.07) is 7.28. The van der Waals surface area contributed by atoms with Gasteiger partial charge >= 0.3 is 0 Å². The molecular formula is C19H24N2O4S. The van der Waals surface area contributed by atoms with Gasteiger partial charge in [-0.2, -0.15) is 0 Å². The molecule has 1 aromatic rings. The summed E-state index contributed by atoms with van der Waals surface area (Å²) >= 11 is 0. The highest BCUT2D eigenvalue weighted by atomic mass is 32.2. The van der Waals surface area contributed by atoms with Crippen molar-refractivity contribution in [2.45, 2.75) is 32.2 Å². The van der Waals surface area contributed by atoms with Crippen molar-refractivity contribution < 1.29 is 18.0 Å². The van der Waals surface area contributed by atoms with Crippen LogP contribution in [0.15, 0.2) is 35.7 Å². The molecule has 140 valence electrons. The van der Waals surface area contributed by atoms with Crippen molar-refractivity contribution in [1.82, 2.24) is 10.2 Å². The fourth-order valence-corrected chi connectivity index (χ4v) is 4.72. The van der Waals surface area contributed by atoms with E-state index in [1.54, 1.807) is 18.2 Å². The summed E-state index contributed by atoms with van der Waals surface area (Å²) in [7, 11) is -3.13. The molecule has 0 unspecified atom stereocenters. The standard InChI is InChI=1S/C19H24N2O4S/c22-18(12-16-8-11-26(24,25)14-16)20-13-15-4-6-17(7-5-15)19(23)21-9-2-1-3-10-21/h4-8,11,16H,1-3,9-10,12-14H2,(H,20,22)/t16-/m0/s1. The summed E-state index contributed by atoms with van der Waals surface area (Å²) in [6.45, 7) is 2.00. The van der Waals surface area contributed by atoms with Gasteiger partial charge in [-0.3, -0.25) is 9.59 Å². The van der Waals surface area contributed by atoms with Gasteiger partial charge < -0.3 is 10.2 Å². The topological polar surface area (TPSA) is 83.5 Å². The summed E-state index contributed by atoms with van der Waals surface area (Å²) in [6.07, 6.45) is 5.06. The van der Waals surface area contributed by atoms with Crippen LogP contribution in [0.3, 0.4) is 0 Å². The average molecular weight is 376 g/mol. The van der Waals surface area contributed by atoms with Crippen molar-refractivity contribution in [3.8, 4) is 0 Å². The molecular weight excluding hydrogens is 352 g/mol. The molecule has 26 heavy (non-hydrogen) atoms. The van der Waals surface area contributed by atoms with Crippen molar-refractivity contribution in [2.24, 2.45) is 5.92 Å². The van der Waals surface area contributed by atoms with E-state index in [9.17, 15) is 18.0 Å². The lowest BCUT2D eigenvalue weighted by atomic mass is 10.1. The van der Waals surface area contributed by atoms with E-state index < -0.39 is 9.84 Å². The Morgan fingerprint density at radius 2 is 1.77 bits per heavy atom. The maximum atomic E-state index is 12.4. The van der Waals surface area contributed by atoms with Crippen molar-refractivity contribution in [2.75, 3.05) is 18.8 Å². The third kappa shape index (κ3) is 4.94. The van der Waals surface area contributed by atoms with Gasteiger partial charge in [0.05, 0.1) is 5.75 Å². The quantitative estimate of drug-likeness (QED) is 0.850. The van der Waals surface area contributed by atoms with E-state index in [4.69, 9.17) is 0 Å². The maximum absolute atomic E-state index is 12.4. The lowest BCUT2D eigenvalue weighted by Gasteiger charge is -2.26. The molecule has 0 bridgehead atoms. The third-order valence-corrected chi connectivity index (χ3v) is 6.25. The van der Waals surface area contributed by atoms with E-state index in [2.05, 4.69) is 5.32 Å². The van der Waals surface area contributed by atoms with Gasteiger partial charge in [0.15, 0.2) is 9.84 Å². The van der Waals surface area contributed by atoms with Crippen LogP contribution in [-0.4, -0.2) is 44.0 Å². The van der Waals surface area contributed by atoms with E-state index >= 15 is 0 Å². The Bertz CT molecular complexity index is 793. The smallest absolute Gasteiger partial charge is 0.253 e. The molecule has 1 saturated heterocycles. The molecule has 0 spiro atoms. The summed E-state index contributed by atoms with van der Waals surface area (Å²) in [5.41, 5.74) is 1.58. The van der Waals surface area contributed by atoms with Crippen LogP contribution in [0.2, 0.25) is 0 Å². The molecule has 2 aliphatic rings. The summed E-state index contributed by atoms with van der Waals surface area (Å²) in [5, 5.41) is 3.99. The minimum atomic E-state index is -3.13. The molecule has 1 atom stereocenters. The molecule has 6 nitrogen and oxygen atoms in total. The number of nitrogens with zero attached hydrogens (tertiary/aromatic N) is 1. The first-order chi connectivity index (χ1) is 12.4. The Labute approximate surface area is 154 Å². The van der Waals surface area contributed by atoms with Gasteiger partial charge in [0.2, 0.25) is 5.91 Å². The number of hydrogen-bond donors (Lipinski definition) is 1. The maximum Gasteiger partial charge on any atom is 0.253 e. The Morgan fingerprint density at radius 1 is 1.08 bits per heavy atom. The zero-order valence-corrected chi connectivity index (χ0v) is 15.5. The molecule has 0 aliphatic carbocycles. The van der Waals surface area contributed by atoms with E-state index in [1.165, 1.54) is 11.8 Å². The van der Waals surface area contributed by atoms with Crippen LogP contribution in [-0.2, 0) is 21.2 Å². The Morgan fingerprint density at radius 3 is 2.38 bits per heavy atom. The minimum Gasteiger partial charge on any atom is -0.352 e. The fourth-order valence-electron chi connectivity index (χ4n) is 3.32. The normalized spacial score (nSPS) is 21.5. The van der Waals surface area contributed by atoms with E-state index in [0.29, 0.717) is 12.1 Å². The number of amides is 2. The molecule has 3 rings (SSSR count). The highest BCUT2D eigenvalue weighted by Crippen LogP contribution is 2.18. The van der Waals surface area contributed by atoms with E-state index in [0.717, 1.165) is 31.5 Å². The predicted octanol–water partition coefficient (Wildman–Crippen LogP) is 1.88. The first-order valence-electron chi connectivity index (χ1n) is 8.99. The van der Waals surface area contributed by atoms with Gasteiger partial charge in [-0.15, -0.1) is 0 Å². The first-order valence-corrected chi connectivity index (χ1v) is 10.7. The monoisotopic (exact) mass is 376 g/mol. The van der Waals surface area contributed by atoms with Crippen molar-refractivity contribution in [1.29, 1.82) is 0 Å². The molecule has 1 N–H and O–H groups in total. The second-order valence-electron chi connectivity index (χ2n) is 6.95. The number of hydrogen-bond acceptors (Lipinski definition) is 4. The molecule has 1 aromatic carbocycles. The number of rotatable bonds is 5. The largest absolute Gasteiger partial charge is 0.352 e. The average Bonchev–Trinajstić information content (AvgIpc) is 2.99. The van der Waals surface area contributed by atoms with Crippen LogP contribution >= 0.6 is 0 Å². The summed E-state index contributed by atoms with van der Waals surface area (Å²) < 4.78 is 22.7. The number of piperidine rings is 1. The molecule has 2 amide bonds. The first kappa shape index (κ1) is 18.6. The van der Waals surface area contributed by atoms with Crippen LogP contribution in [0.4, 0.5) is 0 Å². The number of allylic oxidation sites excluding steroid dienone is 1. The number of nitrogens with one attached hydrogen (secondary N) is 1. The Hall–Kier alpha value is -2.15. The van der Waals surface area contributed by atoms with Crippen LogP contribution in [0.1, 0.15) is 41.6 Å². The SMILES string of the molecule is O=C(C[C@@H]1C=CS(=O)(=O)C1)NCc1ccc(C(=O)N2CCCCC2)cc1. The number of benzene rings is 1. The lowest BCUT2D eigenvalue weighted by Crippen LogP contribution is -2.35. The number of sulfone groups is 1. The van der Waals surface area contributed by atoms with Gasteiger partial charge in [-0.1, -0.05) is 18.2 Å². The number of carbonyl (C=O) groups excluding carboxylic acids is 2. The second-order valence-corrected chi connectivity index (χ2v) is 8.88. The molecule has 0 aromatic heterocycles. The molecule has 2 aliphatic heterocycles.